The molecule has 1 aliphatic heterocycles. The summed E-state index contributed by atoms with van der Waals surface area (Å²) in [6.45, 7) is 2.59. The number of piperazine rings is 1. The number of halogens is 2. The zero-order valence-electron chi connectivity index (χ0n) is 13.3. The number of methoxy groups -OCH3 is 1. The second-order valence-corrected chi connectivity index (χ2v) is 6.04. The lowest BCUT2D eigenvalue weighted by atomic mass is 10.1. The monoisotopic (exact) mass is 348 g/mol. The van der Waals surface area contributed by atoms with Crippen LogP contribution in [0, 0.1) is 5.82 Å². The van der Waals surface area contributed by atoms with Gasteiger partial charge in [0, 0.05) is 42.5 Å². The summed E-state index contributed by atoms with van der Waals surface area (Å²) < 4.78 is 18.7. The molecule has 0 aromatic heterocycles. The van der Waals surface area contributed by atoms with Gasteiger partial charge in [-0.2, -0.15) is 0 Å². The molecular formula is C18H18ClFN2O2. The Morgan fingerprint density at radius 2 is 1.88 bits per heavy atom. The van der Waals surface area contributed by atoms with E-state index in [1.54, 1.807) is 11.0 Å². The molecule has 2 aromatic rings. The lowest BCUT2D eigenvalue weighted by Crippen LogP contribution is -2.48. The molecule has 2 aromatic carbocycles. The Morgan fingerprint density at radius 1 is 1.12 bits per heavy atom. The molecule has 0 spiro atoms. The second kappa shape index (κ2) is 7.09. The van der Waals surface area contributed by atoms with Gasteiger partial charge in [-0.15, -0.1) is 0 Å². The van der Waals surface area contributed by atoms with Crippen molar-refractivity contribution in [2.45, 2.75) is 0 Å². The van der Waals surface area contributed by atoms with Gasteiger partial charge in [-0.3, -0.25) is 4.79 Å². The van der Waals surface area contributed by atoms with E-state index in [-0.39, 0.29) is 11.7 Å². The van der Waals surface area contributed by atoms with Crippen LogP contribution in [0.3, 0.4) is 0 Å². The molecule has 0 bridgehead atoms. The van der Waals surface area contributed by atoms with Gasteiger partial charge < -0.3 is 14.5 Å². The summed E-state index contributed by atoms with van der Waals surface area (Å²) in [5.74, 6) is -0.555. The molecule has 1 amide bonds. The zero-order chi connectivity index (χ0) is 17.1. The summed E-state index contributed by atoms with van der Waals surface area (Å²) in [5, 5.41) is 0.694. The summed E-state index contributed by atoms with van der Waals surface area (Å²) in [5.41, 5.74) is 1.38. The Kier molecular flexibility index (Phi) is 4.90. The highest BCUT2D eigenvalue weighted by molar-refractivity contribution is 6.30. The van der Waals surface area contributed by atoms with Crippen molar-refractivity contribution in [1.82, 2.24) is 4.90 Å². The summed E-state index contributed by atoms with van der Waals surface area (Å²) in [7, 11) is 1.40. The van der Waals surface area contributed by atoms with Gasteiger partial charge in [-0.05, 0) is 36.4 Å². The fraction of sp³-hybridized carbons (Fsp3) is 0.278. The first-order valence-electron chi connectivity index (χ1n) is 7.72. The zero-order valence-corrected chi connectivity index (χ0v) is 14.1. The second-order valence-electron chi connectivity index (χ2n) is 5.61. The Labute approximate surface area is 145 Å². The number of rotatable bonds is 3. The van der Waals surface area contributed by atoms with Crippen LogP contribution < -0.4 is 9.64 Å². The first kappa shape index (κ1) is 16.6. The van der Waals surface area contributed by atoms with Crippen molar-refractivity contribution in [3.63, 3.8) is 0 Å². The summed E-state index contributed by atoms with van der Waals surface area (Å²) in [6, 6.07) is 12.0. The van der Waals surface area contributed by atoms with Gasteiger partial charge in [0.25, 0.3) is 5.91 Å². The minimum Gasteiger partial charge on any atom is -0.494 e. The molecular weight excluding hydrogens is 331 g/mol. The lowest BCUT2D eigenvalue weighted by molar-refractivity contribution is 0.0746. The average molecular weight is 349 g/mol. The lowest BCUT2D eigenvalue weighted by Gasteiger charge is -2.36. The first-order chi connectivity index (χ1) is 11.6. The highest BCUT2D eigenvalue weighted by Crippen LogP contribution is 2.22. The van der Waals surface area contributed by atoms with Gasteiger partial charge in [0.1, 0.15) is 0 Å². The van der Waals surface area contributed by atoms with Crippen molar-refractivity contribution in [2.75, 3.05) is 38.2 Å². The van der Waals surface area contributed by atoms with E-state index in [0.29, 0.717) is 36.8 Å². The van der Waals surface area contributed by atoms with Crippen LogP contribution >= 0.6 is 11.6 Å². The van der Waals surface area contributed by atoms with E-state index in [0.717, 1.165) is 5.69 Å². The molecule has 1 fully saturated rings. The smallest absolute Gasteiger partial charge is 0.254 e. The predicted molar refractivity (Wildman–Crippen MR) is 92.5 cm³/mol. The normalized spacial score (nSPS) is 14.6. The molecule has 3 rings (SSSR count). The van der Waals surface area contributed by atoms with Gasteiger partial charge in [0.15, 0.2) is 11.6 Å². The Balaban J connectivity index is 1.66. The number of ether oxygens (including phenoxy) is 1. The molecule has 126 valence electrons. The van der Waals surface area contributed by atoms with Crippen LogP contribution in [0.2, 0.25) is 5.02 Å². The van der Waals surface area contributed by atoms with Gasteiger partial charge >= 0.3 is 0 Å². The maximum Gasteiger partial charge on any atom is 0.254 e. The number of carbonyl (C=O) groups excluding carboxylic acids is 1. The molecule has 6 heteroatoms. The van der Waals surface area contributed by atoms with Crippen LogP contribution in [0.15, 0.2) is 42.5 Å². The molecule has 0 unspecified atom stereocenters. The van der Waals surface area contributed by atoms with Gasteiger partial charge in [-0.25, -0.2) is 4.39 Å². The minimum atomic E-state index is -0.527. The first-order valence-corrected chi connectivity index (χ1v) is 8.09. The Morgan fingerprint density at radius 3 is 2.50 bits per heavy atom. The maximum absolute atomic E-state index is 13.8. The largest absolute Gasteiger partial charge is 0.494 e. The number of nitrogens with zero attached hydrogens (tertiary/aromatic N) is 2. The topological polar surface area (TPSA) is 32.8 Å². The Hall–Kier alpha value is -2.27. The summed E-state index contributed by atoms with van der Waals surface area (Å²) in [4.78, 5) is 16.5. The number of hydrogen-bond donors (Lipinski definition) is 0. The van der Waals surface area contributed by atoms with E-state index in [9.17, 15) is 9.18 Å². The van der Waals surface area contributed by atoms with Crippen molar-refractivity contribution < 1.29 is 13.9 Å². The number of amides is 1. The molecule has 1 saturated heterocycles. The van der Waals surface area contributed by atoms with Gasteiger partial charge in [0.05, 0.1) is 7.11 Å². The quantitative estimate of drug-likeness (QED) is 0.851. The predicted octanol–water partition coefficient (Wildman–Crippen LogP) is 3.45. The van der Waals surface area contributed by atoms with Crippen LogP contribution in [0.25, 0.3) is 0 Å². The third-order valence-electron chi connectivity index (χ3n) is 4.14. The van der Waals surface area contributed by atoms with Crippen LogP contribution in [-0.4, -0.2) is 44.1 Å². The SMILES string of the molecule is COc1ccc(C(=O)N2CCN(c3cccc(Cl)c3)CC2)cc1F. The minimum absolute atomic E-state index is 0.136. The van der Waals surface area contributed by atoms with Crippen molar-refractivity contribution in [3.05, 3.63) is 58.9 Å². The molecule has 0 radical (unpaired) electrons. The molecule has 0 N–H and O–H groups in total. The van der Waals surface area contributed by atoms with Crippen molar-refractivity contribution >= 4 is 23.2 Å². The standard InChI is InChI=1S/C18H18ClFN2O2/c1-24-17-6-5-13(11-16(17)20)18(23)22-9-7-21(8-10-22)15-4-2-3-14(19)12-15/h2-6,11-12H,7-10H2,1H3. The van der Waals surface area contributed by atoms with Crippen LogP contribution in [0.5, 0.6) is 5.75 Å². The van der Waals surface area contributed by atoms with Crippen LogP contribution in [0.4, 0.5) is 10.1 Å². The highest BCUT2D eigenvalue weighted by Gasteiger charge is 2.23. The molecule has 24 heavy (non-hydrogen) atoms. The summed E-state index contributed by atoms with van der Waals surface area (Å²) in [6.07, 6.45) is 0. The van der Waals surface area contributed by atoms with E-state index in [1.807, 2.05) is 24.3 Å². The number of hydrogen-bond acceptors (Lipinski definition) is 3. The van der Waals surface area contributed by atoms with Crippen LogP contribution in [0.1, 0.15) is 10.4 Å². The third kappa shape index (κ3) is 3.46. The third-order valence-corrected chi connectivity index (χ3v) is 4.37. The van der Waals surface area contributed by atoms with Crippen molar-refractivity contribution in [2.24, 2.45) is 0 Å². The maximum atomic E-state index is 13.8. The fourth-order valence-electron chi connectivity index (χ4n) is 2.82. The highest BCUT2D eigenvalue weighted by atomic mass is 35.5. The van der Waals surface area contributed by atoms with E-state index in [4.69, 9.17) is 16.3 Å². The Bertz CT molecular complexity index is 746. The number of carbonyl (C=O) groups is 1. The van der Waals surface area contributed by atoms with Gasteiger partial charge in [-0.1, -0.05) is 17.7 Å². The van der Waals surface area contributed by atoms with E-state index >= 15 is 0 Å². The molecule has 0 saturated carbocycles. The molecule has 1 aliphatic rings. The summed E-state index contributed by atoms with van der Waals surface area (Å²) >= 11 is 6.03. The fourth-order valence-corrected chi connectivity index (χ4v) is 3.01. The molecule has 4 nitrogen and oxygen atoms in total. The van der Waals surface area contributed by atoms with Crippen molar-refractivity contribution in [1.29, 1.82) is 0 Å². The van der Waals surface area contributed by atoms with Crippen molar-refractivity contribution in [3.8, 4) is 5.75 Å². The number of anilines is 1. The van der Waals surface area contributed by atoms with Crippen LogP contribution in [-0.2, 0) is 0 Å². The molecule has 0 aliphatic carbocycles. The molecule has 0 atom stereocenters. The van der Waals surface area contributed by atoms with E-state index in [2.05, 4.69) is 4.90 Å². The molecule has 1 heterocycles. The van der Waals surface area contributed by atoms with Gasteiger partial charge in [0.2, 0.25) is 0 Å². The average Bonchev–Trinajstić information content (AvgIpc) is 2.61. The van der Waals surface area contributed by atoms with E-state index in [1.165, 1.54) is 19.2 Å². The van der Waals surface area contributed by atoms with E-state index < -0.39 is 5.82 Å². The number of benzene rings is 2.